The van der Waals surface area contributed by atoms with Crippen LogP contribution in [-0.4, -0.2) is 19.6 Å². The highest BCUT2D eigenvalue weighted by atomic mass is 32.2. The Bertz CT molecular complexity index is 632. The van der Waals surface area contributed by atoms with Gasteiger partial charge in [0.25, 0.3) is 0 Å². The number of hydrogen-bond donors (Lipinski definition) is 1. The lowest BCUT2D eigenvalue weighted by atomic mass is 9.84. The predicted octanol–water partition coefficient (Wildman–Crippen LogP) is 2.39. The fourth-order valence-electron chi connectivity index (χ4n) is 2.16. The first kappa shape index (κ1) is 17.7. The molecule has 118 valence electrons. The van der Waals surface area contributed by atoms with Crippen LogP contribution in [0.15, 0.2) is 12.1 Å². The molecule has 21 heavy (non-hydrogen) atoms. The van der Waals surface area contributed by atoms with E-state index in [0.717, 1.165) is 16.7 Å². The van der Waals surface area contributed by atoms with Gasteiger partial charge in [0.15, 0.2) is 9.84 Å². The highest BCUT2D eigenvalue weighted by molar-refractivity contribution is 7.92. The minimum atomic E-state index is -3.58. The minimum absolute atomic E-state index is 0.00738. The van der Waals surface area contributed by atoms with Crippen LogP contribution in [0.25, 0.3) is 0 Å². The first-order valence-corrected chi connectivity index (χ1v) is 8.69. The van der Waals surface area contributed by atoms with E-state index in [1.165, 1.54) is 12.5 Å². The summed E-state index contributed by atoms with van der Waals surface area (Å²) in [6.07, 6.45) is 0. The van der Waals surface area contributed by atoms with Crippen LogP contribution in [0, 0.1) is 13.8 Å². The van der Waals surface area contributed by atoms with E-state index in [9.17, 15) is 13.2 Å². The van der Waals surface area contributed by atoms with E-state index < -0.39 is 21.0 Å². The maximum absolute atomic E-state index is 12.2. The number of amides is 1. The van der Waals surface area contributed by atoms with Gasteiger partial charge in [-0.25, -0.2) is 8.42 Å². The number of hydrogen-bond acceptors (Lipinski definition) is 3. The molecule has 1 rings (SSSR count). The Labute approximate surface area is 127 Å². The fourth-order valence-corrected chi connectivity index (χ4v) is 3.62. The Hall–Kier alpha value is -1.36. The molecule has 1 aromatic rings. The van der Waals surface area contributed by atoms with Crippen molar-refractivity contribution in [1.82, 2.24) is 0 Å². The highest BCUT2D eigenvalue weighted by Crippen LogP contribution is 2.28. The van der Waals surface area contributed by atoms with Gasteiger partial charge in [0.2, 0.25) is 5.91 Å². The Morgan fingerprint density at radius 1 is 1.19 bits per heavy atom. The zero-order valence-electron chi connectivity index (χ0n) is 13.6. The van der Waals surface area contributed by atoms with Crippen molar-refractivity contribution in [3.8, 4) is 0 Å². The molecule has 0 bridgehead atoms. The van der Waals surface area contributed by atoms with Crippen LogP contribution in [0.2, 0.25) is 0 Å². The molecule has 4 nitrogen and oxygen atoms in total. The largest absolute Gasteiger partial charge is 0.369 e. The summed E-state index contributed by atoms with van der Waals surface area (Å²) in [7, 11) is -3.58. The maximum Gasteiger partial charge on any atom is 0.235 e. The summed E-state index contributed by atoms with van der Waals surface area (Å²) in [5, 5.41) is -1.17. The molecule has 2 N–H and O–H groups in total. The van der Waals surface area contributed by atoms with Crippen molar-refractivity contribution in [3.63, 3.8) is 0 Å². The molecule has 0 saturated carbocycles. The summed E-state index contributed by atoms with van der Waals surface area (Å²) in [4.78, 5) is 11.1. The van der Waals surface area contributed by atoms with Gasteiger partial charge in [-0.05, 0) is 48.4 Å². The number of primary amides is 1. The molecule has 0 aliphatic rings. The quantitative estimate of drug-likeness (QED) is 0.927. The SMILES string of the molecule is Cc1cc(C(C)(C)C)cc(C)c1CS(=O)(=O)C(C)C(N)=O. The molecule has 0 aliphatic carbocycles. The van der Waals surface area contributed by atoms with Crippen LogP contribution in [0.5, 0.6) is 0 Å². The average molecular weight is 311 g/mol. The van der Waals surface area contributed by atoms with Crippen LogP contribution in [0.1, 0.15) is 49.9 Å². The summed E-state index contributed by atoms with van der Waals surface area (Å²) >= 11 is 0. The van der Waals surface area contributed by atoms with Crippen LogP contribution in [0.3, 0.4) is 0 Å². The number of nitrogens with two attached hydrogens (primary N) is 1. The van der Waals surface area contributed by atoms with E-state index in [1.807, 2.05) is 26.0 Å². The molecule has 0 fully saturated rings. The number of benzene rings is 1. The molecule has 0 aliphatic heterocycles. The standard InChI is InChI=1S/C16H25NO3S/c1-10-7-13(16(4,5)6)8-11(2)14(10)9-21(19,20)12(3)15(17)18/h7-8,12H,9H2,1-6H3,(H2,17,18). The highest BCUT2D eigenvalue weighted by Gasteiger charge is 2.27. The van der Waals surface area contributed by atoms with Gasteiger partial charge in [-0.2, -0.15) is 0 Å². The van der Waals surface area contributed by atoms with Gasteiger partial charge in [-0.3, -0.25) is 4.79 Å². The van der Waals surface area contributed by atoms with Crippen LogP contribution in [-0.2, 0) is 25.8 Å². The summed E-state index contributed by atoms with van der Waals surface area (Å²) in [5.41, 5.74) is 8.91. The molecule has 1 aromatic carbocycles. The molecule has 0 spiro atoms. The van der Waals surface area contributed by atoms with Crippen LogP contribution < -0.4 is 5.73 Å². The maximum atomic E-state index is 12.2. The number of carbonyl (C=O) groups excluding carboxylic acids is 1. The first-order valence-electron chi connectivity index (χ1n) is 6.97. The van der Waals surface area contributed by atoms with Crippen molar-refractivity contribution < 1.29 is 13.2 Å². The average Bonchev–Trinajstić information content (AvgIpc) is 2.31. The van der Waals surface area contributed by atoms with Crippen LogP contribution in [0.4, 0.5) is 0 Å². The molecule has 0 saturated heterocycles. The van der Waals surface area contributed by atoms with Crippen molar-refractivity contribution in [2.24, 2.45) is 5.73 Å². The van der Waals surface area contributed by atoms with Crippen molar-refractivity contribution in [2.45, 2.75) is 58.0 Å². The zero-order chi connectivity index (χ0) is 16.6. The number of carbonyl (C=O) groups is 1. The number of sulfone groups is 1. The third-order valence-electron chi connectivity index (χ3n) is 3.85. The first-order chi connectivity index (χ1) is 9.36. The van der Waals surface area contributed by atoms with E-state index >= 15 is 0 Å². The predicted molar refractivity (Wildman–Crippen MR) is 85.9 cm³/mol. The molecule has 1 unspecified atom stereocenters. The normalized spacial score (nSPS) is 14.0. The molecule has 1 amide bonds. The topological polar surface area (TPSA) is 77.2 Å². The lowest BCUT2D eigenvalue weighted by Gasteiger charge is -2.22. The molecule has 1 atom stereocenters. The van der Waals surface area contributed by atoms with E-state index in [1.54, 1.807) is 0 Å². The van der Waals surface area contributed by atoms with Gasteiger partial charge in [0.05, 0.1) is 5.75 Å². The van der Waals surface area contributed by atoms with E-state index in [2.05, 4.69) is 20.8 Å². The third kappa shape index (κ3) is 4.06. The van der Waals surface area contributed by atoms with Gasteiger partial charge < -0.3 is 5.73 Å². The second-order valence-corrected chi connectivity index (χ2v) is 9.01. The molecule has 0 aromatic heterocycles. The Balaban J connectivity index is 3.26. The zero-order valence-corrected chi connectivity index (χ0v) is 14.5. The molecule has 5 heteroatoms. The minimum Gasteiger partial charge on any atom is -0.369 e. The summed E-state index contributed by atoms with van der Waals surface area (Å²) < 4.78 is 24.5. The van der Waals surface area contributed by atoms with Gasteiger partial charge in [0, 0.05) is 0 Å². The molecular formula is C16H25NO3S. The van der Waals surface area contributed by atoms with Gasteiger partial charge in [0.1, 0.15) is 5.25 Å². The summed E-state index contributed by atoms with van der Waals surface area (Å²) in [6, 6.07) is 4.04. The van der Waals surface area contributed by atoms with E-state index in [0.29, 0.717) is 0 Å². The summed E-state index contributed by atoms with van der Waals surface area (Å²) in [5.74, 6) is -0.962. The van der Waals surface area contributed by atoms with Gasteiger partial charge in [-0.1, -0.05) is 32.9 Å². The number of rotatable bonds is 4. The Morgan fingerprint density at radius 2 is 1.62 bits per heavy atom. The molecule has 0 radical (unpaired) electrons. The third-order valence-corrected chi connectivity index (χ3v) is 5.85. The van der Waals surface area contributed by atoms with Gasteiger partial charge in [-0.15, -0.1) is 0 Å². The Morgan fingerprint density at radius 3 is 1.95 bits per heavy atom. The monoisotopic (exact) mass is 311 g/mol. The number of aryl methyl sites for hydroxylation is 2. The van der Waals surface area contributed by atoms with Crippen molar-refractivity contribution in [1.29, 1.82) is 0 Å². The molecule has 0 heterocycles. The smallest absolute Gasteiger partial charge is 0.235 e. The lowest BCUT2D eigenvalue weighted by molar-refractivity contribution is -0.117. The van der Waals surface area contributed by atoms with E-state index in [-0.39, 0.29) is 11.2 Å². The Kier molecular flexibility index (Phi) is 4.88. The van der Waals surface area contributed by atoms with Crippen molar-refractivity contribution in [2.75, 3.05) is 0 Å². The molecular weight excluding hydrogens is 286 g/mol. The van der Waals surface area contributed by atoms with E-state index in [4.69, 9.17) is 5.73 Å². The summed E-state index contributed by atoms with van der Waals surface area (Å²) in [6.45, 7) is 11.5. The van der Waals surface area contributed by atoms with Crippen molar-refractivity contribution >= 4 is 15.7 Å². The second-order valence-electron chi connectivity index (χ2n) is 6.69. The van der Waals surface area contributed by atoms with Crippen molar-refractivity contribution in [3.05, 3.63) is 34.4 Å². The van der Waals surface area contributed by atoms with Crippen LogP contribution >= 0.6 is 0 Å². The second kappa shape index (κ2) is 5.79. The fraction of sp³-hybridized carbons (Fsp3) is 0.562. The lowest BCUT2D eigenvalue weighted by Crippen LogP contribution is -2.34. The van der Waals surface area contributed by atoms with Gasteiger partial charge >= 0.3 is 0 Å².